The number of rotatable bonds is 10. The Labute approximate surface area is 304 Å². The lowest BCUT2D eigenvalue weighted by Crippen LogP contribution is -2.51. The van der Waals surface area contributed by atoms with Gasteiger partial charge in [0.05, 0.1) is 25.1 Å². The molecule has 4 aromatic rings. The third-order valence-electron chi connectivity index (χ3n) is 9.70. The van der Waals surface area contributed by atoms with Gasteiger partial charge in [-0.25, -0.2) is 18.2 Å². The third kappa shape index (κ3) is 8.29. The Morgan fingerprint density at radius 2 is 1.48 bits per heavy atom. The van der Waals surface area contributed by atoms with E-state index in [1.165, 1.54) is 17.7 Å². The van der Waals surface area contributed by atoms with Gasteiger partial charge in [0, 0.05) is 61.4 Å². The number of nitrogens with one attached hydrogen (secondary N) is 3. The first-order chi connectivity index (χ1) is 24.9. The molecule has 3 N–H and O–H groups in total. The van der Waals surface area contributed by atoms with Gasteiger partial charge >= 0.3 is 6.09 Å². The molecule has 2 aliphatic heterocycles. The van der Waals surface area contributed by atoms with E-state index in [0.717, 1.165) is 40.9 Å². The summed E-state index contributed by atoms with van der Waals surface area (Å²) in [5.74, 6) is 0.241. The number of imidazole rings is 1. The van der Waals surface area contributed by atoms with Gasteiger partial charge in [-0.05, 0) is 66.3 Å². The number of ether oxygens (including phenoxy) is 1. The summed E-state index contributed by atoms with van der Waals surface area (Å²) in [6.45, 7) is 6.45. The number of hydrogen-bond donors (Lipinski definition) is 3. The summed E-state index contributed by atoms with van der Waals surface area (Å²) < 4.78 is 29.8. The first kappa shape index (κ1) is 36.6. The predicted octanol–water partition coefficient (Wildman–Crippen LogP) is 5.12. The van der Waals surface area contributed by atoms with Crippen molar-refractivity contribution < 1.29 is 27.5 Å². The van der Waals surface area contributed by atoms with Crippen molar-refractivity contribution in [1.29, 1.82) is 0 Å². The van der Waals surface area contributed by atoms with Gasteiger partial charge in [0.25, 0.3) is 5.91 Å². The number of amides is 3. The van der Waals surface area contributed by atoms with Crippen LogP contribution in [0.3, 0.4) is 0 Å². The number of methoxy groups -OCH3 is 1. The molecular weight excluding hydrogens is 683 g/mol. The average Bonchev–Trinajstić information content (AvgIpc) is 3.84. The third-order valence-corrected chi connectivity index (χ3v) is 11.0. The lowest BCUT2D eigenvalue weighted by molar-refractivity contribution is -0.135. The van der Waals surface area contributed by atoms with Crippen LogP contribution in [-0.2, 0) is 19.6 Å². The number of likely N-dealkylation sites (tertiary alicyclic amines) is 1. The lowest BCUT2D eigenvalue weighted by Gasteiger charge is -2.34. The van der Waals surface area contributed by atoms with Crippen LogP contribution in [0, 0.1) is 5.92 Å². The lowest BCUT2D eigenvalue weighted by atomic mass is 10.0. The number of aromatic amines is 1. The maximum absolute atomic E-state index is 13.5. The summed E-state index contributed by atoms with van der Waals surface area (Å²) in [5, 5.41) is 5.64. The molecule has 0 spiro atoms. The maximum Gasteiger partial charge on any atom is 0.407 e. The minimum Gasteiger partial charge on any atom is -0.453 e. The van der Waals surface area contributed by atoms with Crippen molar-refractivity contribution in [3.63, 3.8) is 0 Å². The molecule has 3 heterocycles. The number of carbonyl (C=O) groups excluding carboxylic acids is 3. The second kappa shape index (κ2) is 15.6. The predicted molar refractivity (Wildman–Crippen MR) is 200 cm³/mol. The molecule has 3 aromatic carbocycles. The summed E-state index contributed by atoms with van der Waals surface area (Å²) in [6, 6.07) is 22.2. The molecule has 0 bridgehead atoms. The van der Waals surface area contributed by atoms with E-state index in [1.807, 2.05) is 80.7 Å². The van der Waals surface area contributed by atoms with Crippen molar-refractivity contribution in [2.75, 3.05) is 56.3 Å². The summed E-state index contributed by atoms with van der Waals surface area (Å²) in [6.07, 6.45) is 4.07. The summed E-state index contributed by atoms with van der Waals surface area (Å²) in [7, 11) is -1.91. The van der Waals surface area contributed by atoms with Crippen molar-refractivity contribution >= 4 is 39.3 Å². The van der Waals surface area contributed by atoms with E-state index in [1.54, 1.807) is 17.0 Å². The Bertz CT molecular complexity index is 1990. The van der Waals surface area contributed by atoms with Crippen molar-refractivity contribution in [3.05, 3.63) is 90.4 Å². The van der Waals surface area contributed by atoms with Gasteiger partial charge < -0.3 is 30.2 Å². The largest absolute Gasteiger partial charge is 0.453 e. The smallest absolute Gasteiger partial charge is 0.407 e. The van der Waals surface area contributed by atoms with Crippen LogP contribution >= 0.6 is 0 Å². The Morgan fingerprint density at radius 3 is 2.08 bits per heavy atom. The average molecular weight is 728 g/mol. The minimum atomic E-state index is -3.19. The molecule has 2 atom stereocenters. The Kier molecular flexibility index (Phi) is 11.0. The van der Waals surface area contributed by atoms with Gasteiger partial charge in [0.1, 0.15) is 11.9 Å². The van der Waals surface area contributed by atoms with Gasteiger partial charge in [-0.3, -0.25) is 9.59 Å². The molecule has 2 saturated heterocycles. The molecule has 52 heavy (non-hydrogen) atoms. The zero-order valence-corrected chi connectivity index (χ0v) is 30.7. The highest BCUT2D eigenvalue weighted by atomic mass is 32.2. The molecule has 14 heteroatoms. The van der Waals surface area contributed by atoms with Gasteiger partial charge in [-0.2, -0.15) is 4.31 Å². The number of H-pyrrole nitrogens is 1. The molecule has 13 nitrogen and oxygen atoms in total. The number of nitrogens with zero attached hydrogens (tertiary/aromatic N) is 4. The van der Waals surface area contributed by atoms with Crippen molar-refractivity contribution in [2.45, 2.75) is 38.8 Å². The molecule has 2 aliphatic rings. The fraction of sp³-hybridized carbons (Fsp3) is 0.368. The monoisotopic (exact) mass is 727 g/mol. The summed E-state index contributed by atoms with van der Waals surface area (Å²) >= 11 is 0. The van der Waals surface area contributed by atoms with Crippen LogP contribution in [0.25, 0.3) is 22.4 Å². The highest BCUT2D eigenvalue weighted by molar-refractivity contribution is 7.88. The summed E-state index contributed by atoms with van der Waals surface area (Å²) in [5.41, 5.74) is 5.86. The highest BCUT2D eigenvalue weighted by Crippen LogP contribution is 2.33. The van der Waals surface area contributed by atoms with Gasteiger partial charge in [0.15, 0.2) is 0 Å². The van der Waals surface area contributed by atoms with E-state index >= 15 is 0 Å². The number of carbonyl (C=O) groups is 3. The van der Waals surface area contributed by atoms with E-state index in [4.69, 9.17) is 9.72 Å². The Balaban J connectivity index is 1.05. The maximum atomic E-state index is 13.5. The van der Waals surface area contributed by atoms with E-state index in [0.29, 0.717) is 49.8 Å². The normalized spacial score (nSPS) is 17.2. The SMILES string of the molecule is COC(=O)N[C@H](C(=O)N1CCCC1c1nc(-c2ccc(-c3ccc(NC(=O)c4ccc(N5CCN(S(C)(=O)=O)CC5)cc4)cc3)cc2)c[nH]1)C(C)C. The molecular formula is C38H45N7O6S. The topological polar surface area (TPSA) is 157 Å². The van der Waals surface area contributed by atoms with Crippen molar-refractivity contribution in [3.8, 4) is 22.4 Å². The summed E-state index contributed by atoms with van der Waals surface area (Å²) in [4.78, 5) is 50.4. The second-order valence-electron chi connectivity index (χ2n) is 13.5. The first-order valence-corrected chi connectivity index (χ1v) is 19.3. The van der Waals surface area contributed by atoms with E-state index in [2.05, 4.69) is 20.5 Å². The van der Waals surface area contributed by atoms with E-state index < -0.39 is 22.2 Å². The first-order valence-electron chi connectivity index (χ1n) is 17.4. The number of piperazine rings is 1. The van der Waals surface area contributed by atoms with E-state index in [9.17, 15) is 22.8 Å². The van der Waals surface area contributed by atoms with Crippen molar-refractivity contribution in [2.24, 2.45) is 5.92 Å². The Morgan fingerprint density at radius 1 is 0.865 bits per heavy atom. The standard InChI is InChI=1S/C38H45N7O6S/c1-25(2)34(42-38(48)51-3)37(47)45-19-5-6-33(45)35-39-24-32(41-35)28-9-7-26(8-10-28)27-11-15-30(16-12-27)40-36(46)29-13-17-31(18-14-29)43-20-22-44(23-21-43)52(4,49)50/h7-18,24-25,33-34H,5-6,19-23H2,1-4H3,(H,39,41)(H,40,46)(H,42,48)/t33?,34-/m0/s1. The number of aromatic nitrogens is 2. The minimum absolute atomic E-state index is 0.107. The quantitative estimate of drug-likeness (QED) is 0.203. The highest BCUT2D eigenvalue weighted by Gasteiger charge is 2.37. The molecule has 6 rings (SSSR count). The number of sulfonamides is 1. The molecule has 1 aromatic heterocycles. The van der Waals surface area contributed by atoms with Crippen LogP contribution in [0.1, 0.15) is 48.9 Å². The van der Waals surface area contributed by atoms with Crippen LogP contribution in [0.4, 0.5) is 16.2 Å². The van der Waals surface area contributed by atoms with Crippen molar-refractivity contribution in [1.82, 2.24) is 24.5 Å². The fourth-order valence-corrected chi connectivity index (χ4v) is 7.56. The molecule has 274 valence electrons. The van der Waals surface area contributed by atoms with Gasteiger partial charge in [0.2, 0.25) is 15.9 Å². The fourth-order valence-electron chi connectivity index (χ4n) is 6.73. The molecule has 3 amide bonds. The van der Waals surface area contributed by atoms with Gasteiger partial charge in [-0.1, -0.05) is 50.2 Å². The van der Waals surface area contributed by atoms with E-state index in [-0.39, 0.29) is 23.8 Å². The van der Waals surface area contributed by atoms with Crippen LogP contribution < -0.4 is 15.5 Å². The zero-order valence-electron chi connectivity index (χ0n) is 29.8. The molecule has 2 fully saturated rings. The van der Waals surface area contributed by atoms with Crippen LogP contribution in [-0.4, -0.2) is 97.6 Å². The molecule has 0 saturated carbocycles. The number of hydrogen-bond acceptors (Lipinski definition) is 8. The zero-order chi connectivity index (χ0) is 37.0. The number of benzene rings is 3. The second-order valence-corrected chi connectivity index (χ2v) is 15.5. The molecule has 0 radical (unpaired) electrons. The van der Waals surface area contributed by atoms with Crippen LogP contribution in [0.15, 0.2) is 79.0 Å². The number of alkyl carbamates (subject to hydrolysis) is 1. The van der Waals surface area contributed by atoms with Crippen LogP contribution in [0.2, 0.25) is 0 Å². The molecule has 0 aliphatic carbocycles. The molecule has 1 unspecified atom stereocenters. The van der Waals surface area contributed by atoms with Gasteiger partial charge in [-0.15, -0.1) is 0 Å². The Hall–Kier alpha value is -5.21. The number of anilines is 2. The van der Waals surface area contributed by atoms with Crippen LogP contribution in [0.5, 0.6) is 0 Å².